The topological polar surface area (TPSA) is 107 Å². The fourth-order valence-corrected chi connectivity index (χ4v) is 4.97. The minimum Gasteiger partial charge on any atom is -0.496 e. The lowest BCUT2D eigenvalue weighted by molar-refractivity contribution is -0.119. The van der Waals surface area contributed by atoms with Gasteiger partial charge in [-0.05, 0) is 47.2 Å². The van der Waals surface area contributed by atoms with E-state index < -0.39 is 5.97 Å². The highest BCUT2D eigenvalue weighted by molar-refractivity contribution is 5.99. The van der Waals surface area contributed by atoms with Crippen molar-refractivity contribution in [2.45, 2.75) is 19.1 Å². The largest absolute Gasteiger partial charge is 0.496 e. The van der Waals surface area contributed by atoms with E-state index in [2.05, 4.69) is 5.32 Å². The highest BCUT2D eigenvalue weighted by Gasteiger charge is 2.31. The molecule has 0 saturated carbocycles. The van der Waals surface area contributed by atoms with E-state index in [1.165, 1.54) is 6.07 Å². The van der Waals surface area contributed by atoms with Crippen molar-refractivity contribution in [2.75, 3.05) is 44.9 Å². The second kappa shape index (κ2) is 13.8. The van der Waals surface area contributed by atoms with Crippen LogP contribution in [0.2, 0.25) is 0 Å². The number of carboxylic acid groups (broad SMARTS) is 1. The van der Waals surface area contributed by atoms with Crippen LogP contribution < -0.4 is 24.4 Å². The molecule has 9 nitrogen and oxygen atoms in total. The van der Waals surface area contributed by atoms with Gasteiger partial charge in [0.05, 0.1) is 39.5 Å². The molecule has 1 aliphatic rings. The number of rotatable bonds is 13. The number of hydrogen-bond donors (Lipinski definition) is 2. The van der Waals surface area contributed by atoms with Crippen LogP contribution in [-0.4, -0.2) is 63.0 Å². The number of carbonyl (C=O) groups is 2. The van der Waals surface area contributed by atoms with Crippen LogP contribution in [0.1, 0.15) is 22.3 Å². The van der Waals surface area contributed by atoms with Crippen molar-refractivity contribution >= 4 is 28.3 Å². The third-order valence-corrected chi connectivity index (χ3v) is 7.07. The average Bonchev–Trinajstić information content (AvgIpc) is 3.01. The summed E-state index contributed by atoms with van der Waals surface area (Å²) >= 11 is 0. The molecular formula is C33H34N2O7. The lowest BCUT2D eigenvalue weighted by atomic mass is 10.1. The lowest BCUT2D eigenvalue weighted by Gasteiger charge is -2.36. The second-order valence-electron chi connectivity index (χ2n) is 9.92. The van der Waals surface area contributed by atoms with Crippen molar-refractivity contribution in [3.63, 3.8) is 0 Å². The van der Waals surface area contributed by atoms with E-state index in [-0.39, 0.29) is 43.0 Å². The van der Waals surface area contributed by atoms with Crippen LogP contribution in [0.25, 0.3) is 10.8 Å². The number of fused-ring (bicyclic) bond motifs is 1. The fraction of sp³-hybridized carbons (Fsp3) is 0.273. The molecule has 9 heteroatoms. The van der Waals surface area contributed by atoms with Crippen molar-refractivity contribution in [3.05, 3.63) is 96.1 Å². The minimum absolute atomic E-state index is 0.0111. The molecule has 0 aliphatic carbocycles. The Balaban J connectivity index is 1.20. The Hall–Kier alpha value is -4.60. The van der Waals surface area contributed by atoms with E-state index in [0.717, 1.165) is 22.1 Å². The van der Waals surface area contributed by atoms with Crippen LogP contribution >= 0.6 is 0 Å². The predicted molar refractivity (Wildman–Crippen MR) is 160 cm³/mol. The number of piperazine rings is 1. The first-order valence-corrected chi connectivity index (χ1v) is 13.9. The average molecular weight is 571 g/mol. The summed E-state index contributed by atoms with van der Waals surface area (Å²) in [7, 11) is 1.62. The Labute approximate surface area is 244 Å². The summed E-state index contributed by atoms with van der Waals surface area (Å²) < 4.78 is 23.0. The smallest absolute Gasteiger partial charge is 0.339 e. The summed E-state index contributed by atoms with van der Waals surface area (Å²) in [5.41, 5.74) is 1.43. The maximum atomic E-state index is 13.0. The monoisotopic (exact) mass is 570 g/mol. The molecule has 1 fully saturated rings. The van der Waals surface area contributed by atoms with Crippen molar-refractivity contribution < 1.29 is 33.6 Å². The maximum absolute atomic E-state index is 13.0. The number of hydrogen-bond acceptors (Lipinski definition) is 7. The van der Waals surface area contributed by atoms with Crippen molar-refractivity contribution in [2.24, 2.45) is 0 Å². The fourth-order valence-electron chi connectivity index (χ4n) is 4.97. The van der Waals surface area contributed by atoms with Crippen molar-refractivity contribution in [1.82, 2.24) is 5.32 Å². The summed E-state index contributed by atoms with van der Waals surface area (Å²) in [6.45, 7) is 2.03. The molecule has 0 bridgehead atoms. The number of benzene rings is 4. The van der Waals surface area contributed by atoms with Crippen molar-refractivity contribution in [3.8, 4) is 17.2 Å². The Bertz CT molecular complexity index is 1540. The van der Waals surface area contributed by atoms with Gasteiger partial charge >= 0.3 is 5.97 Å². The van der Waals surface area contributed by atoms with Crippen LogP contribution in [0.3, 0.4) is 0 Å². The molecule has 4 aromatic rings. The molecule has 1 aliphatic heterocycles. The number of nitrogens with one attached hydrogen (secondary N) is 1. The van der Waals surface area contributed by atoms with Gasteiger partial charge in [0.1, 0.15) is 29.4 Å². The molecule has 4 aromatic carbocycles. The normalized spacial score (nSPS) is 15.0. The SMILES string of the molecule is COc1ccccc1COCCCOc1ccc(N2C(=O)CNCC2COc2ccc3ccccc3c2)cc1C(=O)O. The lowest BCUT2D eigenvalue weighted by Crippen LogP contribution is -2.57. The molecule has 1 amide bonds. The third kappa shape index (κ3) is 6.99. The number of carbonyl (C=O) groups excluding carboxylic acids is 1. The van der Waals surface area contributed by atoms with E-state index in [4.69, 9.17) is 18.9 Å². The number of ether oxygens (including phenoxy) is 4. The number of nitrogens with zero attached hydrogens (tertiary/aromatic N) is 1. The zero-order chi connectivity index (χ0) is 29.3. The predicted octanol–water partition coefficient (Wildman–Crippen LogP) is 4.92. The molecule has 0 aromatic heterocycles. The molecule has 2 N–H and O–H groups in total. The number of anilines is 1. The van der Waals surface area contributed by atoms with Crippen LogP contribution in [0, 0.1) is 0 Å². The third-order valence-electron chi connectivity index (χ3n) is 7.07. The molecule has 1 unspecified atom stereocenters. The Morgan fingerprint density at radius 2 is 1.74 bits per heavy atom. The van der Waals surface area contributed by atoms with E-state index in [9.17, 15) is 14.7 Å². The van der Waals surface area contributed by atoms with Gasteiger partial charge in [-0.3, -0.25) is 4.79 Å². The van der Waals surface area contributed by atoms with E-state index in [1.807, 2.05) is 66.7 Å². The summed E-state index contributed by atoms with van der Waals surface area (Å²) in [5, 5.41) is 15.2. The molecule has 0 radical (unpaired) electrons. The highest BCUT2D eigenvalue weighted by Crippen LogP contribution is 2.29. The van der Waals surface area contributed by atoms with Crippen LogP contribution in [0.5, 0.6) is 17.2 Å². The molecule has 42 heavy (non-hydrogen) atoms. The molecule has 1 atom stereocenters. The molecule has 1 heterocycles. The number of carboxylic acids is 1. The van der Waals surface area contributed by atoms with E-state index in [1.54, 1.807) is 24.1 Å². The van der Waals surface area contributed by atoms with Gasteiger partial charge in [0.25, 0.3) is 0 Å². The van der Waals surface area contributed by atoms with Crippen LogP contribution in [-0.2, 0) is 16.1 Å². The van der Waals surface area contributed by atoms with Gasteiger partial charge < -0.3 is 34.3 Å². The maximum Gasteiger partial charge on any atom is 0.339 e. The van der Waals surface area contributed by atoms with Gasteiger partial charge in [0, 0.05) is 24.2 Å². The molecule has 1 saturated heterocycles. The first-order valence-electron chi connectivity index (χ1n) is 13.9. The zero-order valence-corrected chi connectivity index (χ0v) is 23.5. The number of para-hydroxylation sites is 1. The Kier molecular flexibility index (Phi) is 9.53. The Morgan fingerprint density at radius 1 is 0.929 bits per heavy atom. The number of amides is 1. The van der Waals surface area contributed by atoms with Gasteiger partial charge in [-0.25, -0.2) is 4.79 Å². The summed E-state index contributed by atoms with van der Waals surface area (Å²) in [5.74, 6) is 0.415. The summed E-state index contributed by atoms with van der Waals surface area (Å²) in [4.78, 5) is 26.7. The second-order valence-corrected chi connectivity index (χ2v) is 9.92. The van der Waals surface area contributed by atoms with E-state index in [0.29, 0.717) is 37.6 Å². The molecule has 218 valence electrons. The summed E-state index contributed by atoms with van der Waals surface area (Å²) in [6, 6.07) is 26.0. The minimum atomic E-state index is -1.13. The standard InChI is InChI=1S/C33H34N2O7/c1-39-30-10-5-4-9-25(30)21-40-15-6-16-41-31-14-12-26(18-29(31)33(37)38)35-27(19-34-20-32(35)36)22-42-28-13-11-23-7-2-3-8-24(23)17-28/h2-5,7-14,17-18,27,34H,6,15-16,19-22H2,1H3,(H,37,38). The highest BCUT2D eigenvalue weighted by atomic mass is 16.5. The number of aromatic carboxylic acids is 1. The quantitative estimate of drug-likeness (QED) is 0.218. The zero-order valence-electron chi connectivity index (χ0n) is 23.5. The number of methoxy groups -OCH3 is 1. The van der Waals surface area contributed by atoms with Gasteiger partial charge in [0.2, 0.25) is 5.91 Å². The summed E-state index contributed by atoms with van der Waals surface area (Å²) in [6.07, 6.45) is 0.570. The van der Waals surface area contributed by atoms with Gasteiger partial charge in [0.15, 0.2) is 0 Å². The molecular weight excluding hydrogens is 536 g/mol. The first kappa shape index (κ1) is 28.9. The molecule has 0 spiro atoms. The van der Waals surface area contributed by atoms with Gasteiger partial charge in [-0.1, -0.05) is 48.5 Å². The van der Waals surface area contributed by atoms with E-state index >= 15 is 0 Å². The van der Waals surface area contributed by atoms with Crippen LogP contribution in [0.4, 0.5) is 5.69 Å². The first-order chi connectivity index (χ1) is 20.5. The Morgan fingerprint density at radius 3 is 2.57 bits per heavy atom. The van der Waals surface area contributed by atoms with Gasteiger partial charge in [-0.2, -0.15) is 0 Å². The molecule has 5 rings (SSSR count). The van der Waals surface area contributed by atoms with Crippen molar-refractivity contribution in [1.29, 1.82) is 0 Å². The van der Waals surface area contributed by atoms with Crippen LogP contribution in [0.15, 0.2) is 84.9 Å². The van der Waals surface area contributed by atoms with Gasteiger partial charge in [-0.15, -0.1) is 0 Å².